The van der Waals surface area contributed by atoms with Crippen LogP contribution >= 0.6 is 27.5 Å². The highest BCUT2D eigenvalue weighted by atomic mass is 79.9. The van der Waals surface area contributed by atoms with E-state index >= 15 is 0 Å². The van der Waals surface area contributed by atoms with Crippen molar-refractivity contribution in [2.45, 2.75) is 31.5 Å². The molecule has 0 heterocycles. The van der Waals surface area contributed by atoms with E-state index in [1.54, 1.807) is 0 Å². The zero-order valence-corrected chi connectivity index (χ0v) is 11.6. The van der Waals surface area contributed by atoms with E-state index in [2.05, 4.69) is 29.8 Å². The molecule has 0 aliphatic rings. The lowest BCUT2D eigenvalue weighted by Crippen LogP contribution is -2.05. The zero-order valence-electron chi connectivity index (χ0n) is 9.24. The maximum Gasteiger partial charge on any atom is 0.160 e. The Balaban J connectivity index is 2.99. The average Bonchev–Trinajstić information content (AvgIpc) is 2.23. The molecule has 90 valence electrons. The molecule has 0 radical (unpaired) electrons. The average molecular weight is 312 g/mol. The van der Waals surface area contributed by atoms with Gasteiger partial charge in [0.2, 0.25) is 0 Å². The van der Waals surface area contributed by atoms with E-state index < -0.39 is 11.6 Å². The molecule has 0 saturated carbocycles. The number of alkyl halides is 1. The van der Waals surface area contributed by atoms with Crippen molar-refractivity contribution >= 4 is 27.5 Å². The normalized spacial score (nSPS) is 14.9. The van der Waals surface area contributed by atoms with Crippen LogP contribution in [0.4, 0.5) is 8.78 Å². The summed E-state index contributed by atoms with van der Waals surface area (Å²) in [6.45, 7) is 4.14. The molecule has 0 spiro atoms. The fourth-order valence-corrected chi connectivity index (χ4v) is 2.70. The summed E-state index contributed by atoms with van der Waals surface area (Å²) in [7, 11) is 0. The van der Waals surface area contributed by atoms with Gasteiger partial charge in [0.1, 0.15) is 0 Å². The fraction of sp³-hybridized carbons (Fsp3) is 0.500. The van der Waals surface area contributed by atoms with Crippen molar-refractivity contribution in [2.24, 2.45) is 5.92 Å². The Hall–Kier alpha value is -0.150. The van der Waals surface area contributed by atoms with Crippen molar-refractivity contribution in [1.82, 2.24) is 0 Å². The maximum atomic E-state index is 13.1. The molecular formula is C12H14BrClF2. The van der Waals surface area contributed by atoms with Crippen LogP contribution in [0.25, 0.3) is 0 Å². The second-order valence-electron chi connectivity index (χ2n) is 3.96. The van der Waals surface area contributed by atoms with Gasteiger partial charge in [0, 0.05) is 9.85 Å². The van der Waals surface area contributed by atoms with E-state index in [0.29, 0.717) is 11.5 Å². The van der Waals surface area contributed by atoms with E-state index in [0.717, 1.165) is 18.9 Å². The SMILES string of the molecule is CCCC(C)C(Br)c1cc(F)c(F)cc1Cl. The van der Waals surface area contributed by atoms with E-state index in [9.17, 15) is 8.78 Å². The van der Waals surface area contributed by atoms with Gasteiger partial charge in [0.15, 0.2) is 11.6 Å². The summed E-state index contributed by atoms with van der Waals surface area (Å²) in [5.41, 5.74) is 0.613. The van der Waals surface area contributed by atoms with Crippen LogP contribution in [-0.4, -0.2) is 0 Å². The minimum absolute atomic E-state index is 0.0463. The van der Waals surface area contributed by atoms with Gasteiger partial charge in [-0.15, -0.1) is 0 Å². The summed E-state index contributed by atoms with van der Waals surface area (Å²) < 4.78 is 26.0. The highest BCUT2D eigenvalue weighted by Gasteiger charge is 2.20. The van der Waals surface area contributed by atoms with Crippen LogP contribution in [-0.2, 0) is 0 Å². The van der Waals surface area contributed by atoms with Gasteiger partial charge in [-0.3, -0.25) is 0 Å². The van der Waals surface area contributed by atoms with Gasteiger partial charge in [-0.2, -0.15) is 0 Å². The Labute approximate surface area is 108 Å². The molecule has 1 rings (SSSR count). The second-order valence-corrected chi connectivity index (χ2v) is 5.35. The molecule has 4 heteroatoms. The first-order chi connectivity index (χ1) is 7.47. The van der Waals surface area contributed by atoms with Crippen molar-refractivity contribution in [3.8, 4) is 0 Å². The molecule has 16 heavy (non-hydrogen) atoms. The van der Waals surface area contributed by atoms with Crippen LogP contribution < -0.4 is 0 Å². The molecule has 0 saturated heterocycles. The van der Waals surface area contributed by atoms with Gasteiger partial charge in [0.25, 0.3) is 0 Å². The first-order valence-corrected chi connectivity index (χ1v) is 6.55. The Morgan fingerprint density at radius 1 is 1.31 bits per heavy atom. The number of rotatable bonds is 4. The maximum absolute atomic E-state index is 13.1. The minimum atomic E-state index is -0.906. The van der Waals surface area contributed by atoms with E-state index in [1.807, 2.05) is 0 Å². The molecule has 0 aliphatic heterocycles. The number of halogens is 4. The van der Waals surface area contributed by atoms with Crippen molar-refractivity contribution < 1.29 is 8.78 Å². The molecule has 1 aromatic carbocycles. The standard InChI is InChI=1S/C12H14BrClF2/c1-3-4-7(2)12(13)8-5-10(15)11(16)6-9(8)14/h5-7,12H,3-4H2,1-2H3. The molecule has 2 atom stereocenters. The van der Waals surface area contributed by atoms with Crippen molar-refractivity contribution in [2.75, 3.05) is 0 Å². The summed E-state index contributed by atoms with van der Waals surface area (Å²) in [6.07, 6.45) is 2.05. The van der Waals surface area contributed by atoms with E-state index in [4.69, 9.17) is 11.6 Å². The predicted octanol–water partition coefficient (Wildman–Crippen LogP) is 5.49. The van der Waals surface area contributed by atoms with Crippen LogP contribution in [0.1, 0.15) is 37.1 Å². The molecule has 0 bridgehead atoms. The van der Waals surface area contributed by atoms with Crippen LogP contribution in [0.15, 0.2) is 12.1 Å². The van der Waals surface area contributed by atoms with Crippen LogP contribution in [0.2, 0.25) is 5.02 Å². The molecule has 0 nitrogen and oxygen atoms in total. The molecule has 0 N–H and O–H groups in total. The third-order valence-electron chi connectivity index (χ3n) is 2.58. The molecular weight excluding hydrogens is 297 g/mol. The minimum Gasteiger partial charge on any atom is -0.204 e. The molecule has 0 aliphatic carbocycles. The van der Waals surface area contributed by atoms with Crippen molar-refractivity contribution in [3.05, 3.63) is 34.4 Å². The first kappa shape index (κ1) is 13.9. The van der Waals surface area contributed by atoms with Crippen molar-refractivity contribution in [1.29, 1.82) is 0 Å². The molecule has 0 aromatic heterocycles. The Kier molecular flexibility index (Phi) is 5.19. The number of benzene rings is 1. The van der Waals surface area contributed by atoms with Crippen molar-refractivity contribution in [3.63, 3.8) is 0 Å². The first-order valence-electron chi connectivity index (χ1n) is 5.25. The summed E-state index contributed by atoms with van der Waals surface area (Å²) in [4.78, 5) is -0.0463. The Morgan fingerprint density at radius 2 is 1.88 bits per heavy atom. The second kappa shape index (κ2) is 5.97. The smallest absolute Gasteiger partial charge is 0.160 e. The monoisotopic (exact) mass is 310 g/mol. The fourth-order valence-electron chi connectivity index (χ4n) is 1.66. The Bertz CT molecular complexity index is 368. The number of hydrogen-bond donors (Lipinski definition) is 0. The van der Waals surface area contributed by atoms with Gasteiger partial charge >= 0.3 is 0 Å². The van der Waals surface area contributed by atoms with Crippen LogP contribution in [0, 0.1) is 17.6 Å². The summed E-state index contributed by atoms with van der Waals surface area (Å²) in [5, 5.41) is 0.267. The summed E-state index contributed by atoms with van der Waals surface area (Å²) in [5.74, 6) is -1.43. The molecule has 1 aromatic rings. The molecule has 0 fully saturated rings. The zero-order chi connectivity index (χ0) is 12.3. The van der Waals surface area contributed by atoms with E-state index in [1.165, 1.54) is 6.07 Å². The third-order valence-corrected chi connectivity index (χ3v) is 4.30. The lowest BCUT2D eigenvalue weighted by molar-refractivity contribution is 0.495. The Morgan fingerprint density at radius 3 is 2.44 bits per heavy atom. The number of hydrogen-bond acceptors (Lipinski definition) is 0. The van der Waals surface area contributed by atoms with Gasteiger partial charge in [-0.25, -0.2) is 8.78 Å². The topological polar surface area (TPSA) is 0 Å². The summed E-state index contributed by atoms with van der Waals surface area (Å²) >= 11 is 9.39. The largest absolute Gasteiger partial charge is 0.204 e. The quantitative estimate of drug-likeness (QED) is 0.509. The van der Waals surface area contributed by atoms with Gasteiger partial charge < -0.3 is 0 Å². The highest BCUT2D eigenvalue weighted by Crippen LogP contribution is 2.38. The highest BCUT2D eigenvalue weighted by molar-refractivity contribution is 9.09. The molecule has 0 amide bonds. The van der Waals surface area contributed by atoms with Crippen LogP contribution in [0.5, 0.6) is 0 Å². The van der Waals surface area contributed by atoms with Gasteiger partial charge in [-0.1, -0.05) is 47.8 Å². The molecule has 2 unspecified atom stereocenters. The third kappa shape index (κ3) is 3.17. The predicted molar refractivity (Wildman–Crippen MR) is 67.1 cm³/mol. The van der Waals surface area contributed by atoms with E-state index in [-0.39, 0.29) is 9.85 Å². The van der Waals surface area contributed by atoms with Crippen LogP contribution in [0.3, 0.4) is 0 Å². The van der Waals surface area contributed by atoms with Gasteiger partial charge in [-0.05, 0) is 30.0 Å². The summed E-state index contributed by atoms with van der Waals surface area (Å²) in [6, 6.07) is 2.20. The lowest BCUT2D eigenvalue weighted by atomic mass is 9.96. The van der Waals surface area contributed by atoms with Gasteiger partial charge in [0.05, 0.1) is 0 Å². The lowest BCUT2D eigenvalue weighted by Gasteiger charge is -2.19.